The fourth-order valence-corrected chi connectivity index (χ4v) is 4.66. The highest BCUT2D eigenvalue weighted by molar-refractivity contribution is 6.52. The standard InChI is InChI=1S/C29H28ClNO4/c1-17-16-20(30)14-15-22(17)31-25(18-10-12-19(13-11-18)29(2,3)4)24(27(33)28(31)34)26(32)21-8-6-7-9-23(21)35-5/h6-16,25,32H,1-5H3/b26-24+. The van der Waals surface area contributed by atoms with Crippen molar-refractivity contribution in [2.24, 2.45) is 0 Å². The number of anilines is 1. The summed E-state index contributed by atoms with van der Waals surface area (Å²) in [5, 5.41) is 11.9. The normalized spacial score (nSPS) is 17.7. The number of rotatable bonds is 4. The summed E-state index contributed by atoms with van der Waals surface area (Å²) in [4.78, 5) is 28.3. The number of Topliss-reactive ketones (excluding diaryl/α,β-unsaturated/α-hetero) is 1. The zero-order chi connectivity index (χ0) is 25.5. The van der Waals surface area contributed by atoms with E-state index in [1.165, 1.54) is 12.0 Å². The van der Waals surface area contributed by atoms with Crippen LogP contribution in [0.5, 0.6) is 5.75 Å². The van der Waals surface area contributed by atoms with Gasteiger partial charge in [-0.05, 0) is 59.4 Å². The SMILES string of the molecule is COc1ccccc1/C(O)=C1\C(=O)C(=O)N(c2ccc(Cl)cc2C)C1c1ccc(C(C)(C)C)cc1. The van der Waals surface area contributed by atoms with Crippen LogP contribution in [0.25, 0.3) is 5.76 Å². The number of amides is 1. The van der Waals surface area contributed by atoms with Gasteiger partial charge in [0.15, 0.2) is 0 Å². The summed E-state index contributed by atoms with van der Waals surface area (Å²) in [6.45, 7) is 8.19. The van der Waals surface area contributed by atoms with Crippen LogP contribution in [-0.2, 0) is 15.0 Å². The third-order valence-corrected chi connectivity index (χ3v) is 6.55. The molecule has 1 atom stereocenters. The van der Waals surface area contributed by atoms with E-state index in [1.807, 2.05) is 31.2 Å². The highest BCUT2D eigenvalue weighted by atomic mass is 35.5. The molecular formula is C29H28ClNO4. The molecule has 1 fully saturated rings. The Morgan fingerprint density at radius 3 is 2.26 bits per heavy atom. The molecule has 0 radical (unpaired) electrons. The maximum atomic E-state index is 13.4. The average Bonchev–Trinajstić information content (AvgIpc) is 3.08. The first-order valence-electron chi connectivity index (χ1n) is 11.4. The van der Waals surface area contributed by atoms with Gasteiger partial charge in [-0.25, -0.2) is 0 Å². The fraction of sp³-hybridized carbons (Fsp3) is 0.241. The lowest BCUT2D eigenvalue weighted by Crippen LogP contribution is -2.30. The fourth-order valence-electron chi connectivity index (χ4n) is 4.44. The van der Waals surface area contributed by atoms with Crippen LogP contribution < -0.4 is 9.64 Å². The van der Waals surface area contributed by atoms with Gasteiger partial charge in [-0.1, -0.05) is 68.8 Å². The molecule has 3 aromatic rings. The highest BCUT2D eigenvalue weighted by Crippen LogP contribution is 2.44. The number of carbonyl (C=O) groups excluding carboxylic acids is 2. The second-order valence-corrected chi connectivity index (χ2v) is 10.1. The van der Waals surface area contributed by atoms with Crippen molar-refractivity contribution in [2.75, 3.05) is 12.0 Å². The van der Waals surface area contributed by atoms with Crippen molar-refractivity contribution in [1.29, 1.82) is 0 Å². The zero-order valence-corrected chi connectivity index (χ0v) is 21.2. The molecule has 0 aliphatic carbocycles. The van der Waals surface area contributed by atoms with Gasteiger partial charge >= 0.3 is 0 Å². The Morgan fingerprint density at radius 2 is 1.66 bits per heavy atom. The summed E-state index contributed by atoms with van der Waals surface area (Å²) >= 11 is 6.16. The predicted molar refractivity (Wildman–Crippen MR) is 139 cm³/mol. The van der Waals surface area contributed by atoms with Crippen molar-refractivity contribution in [1.82, 2.24) is 0 Å². The minimum absolute atomic E-state index is 0.0114. The first-order chi connectivity index (χ1) is 16.5. The molecule has 6 heteroatoms. The number of halogens is 1. The van der Waals surface area contributed by atoms with Crippen LogP contribution in [0.3, 0.4) is 0 Å². The van der Waals surface area contributed by atoms with E-state index in [1.54, 1.807) is 42.5 Å². The third-order valence-electron chi connectivity index (χ3n) is 6.32. The Balaban J connectivity index is 1.98. The second-order valence-electron chi connectivity index (χ2n) is 9.67. The van der Waals surface area contributed by atoms with Crippen molar-refractivity contribution in [3.8, 4) is 5.75 Å². The lowest BCUT2D eigenvalue weighted by atomic mass is 9.85. The maximum Gasteiger partial charge on any atom is 0.300 e. The van der Waals surface area contributed by atoms with Crippen LogP contribution in [0.15, 0.2) is 72.3 Å². The van der Waals surface area contributed by atoms with Crippen LogP contribution in [0.4, 0.5) is 5.69 Å². The third kappa shape index (κ3) is 4.44. The van der Waals surface area contributed by atoms with E-state index in [-0.39, 0.29) is 16.7 Å². The number of hydrogen-bond donors (Lipinski definition) is 1. The first-order valence-corrected chi connectivity index (χ1v) is 11.7. The molecule has 0 bridgehead atoms. The smallest absolute Gasteiger partial charge is 0.300 e. The molecule has 1 aliphatic rings. The summed E-state index contributed by atoms with van der Waals surface area (Å²) in [5.41, 5.74) is 3.42. The Hall–Kier alpha value is -3.57. The predicted octanol–water partition coefficient (Wildman–Crippen LogP) is 6.58. The lowest BCUT2D eigenvalue weighted by molar-refractivity contribution is -0.132. The molecule has 1 aliphatic heterocycles. The summed E-state index contributed by atoms with van der Waals surface area (Å²) < 4.78 is 5.41. The molecule has 5 nitrogen and oxygen atoms in total. The van der Waals surface area contributed by atoms with E-state index in [0.717, 1.165) is 11.1 Å². The molecule has 180 valence electrons. The van der Waals surface area contributed by atoms with Crippen LogP contribution >= 0.6 is 11.6 Å². The van der Waals surface area contributed by atoms with E-state index in [4.69, 9.17) is 16.3 Å². The van der Waals surface area contributed by atoms with E-state index in [2.05, 4.69) is 20.8 Å². The molecule has 35 heavy (non-hydrogen) atoms. The minimum Gasteiger partial charge on any atom is -0.507 e. The van der Waals surface area contributed by atoms with Crippen molar-refractivity contribution in [3.05, 3.63) is 99.6 Å². The number of aliphatic hydroxyl groups is 1. The molecule has 0 aromatic heterocycles. The van der Waals surface area contributed by atoms with Gasteiger partial charge in [-0.2, -0.15) is 0 Å². The van der Waals surface area contributed by atoms with Crippen LogP contribution in [-0.4, -0.2) is 23.9 Å². The molecule has 3 aromatic carbocycles. The number of para-hydroxylation sites is 1. The number of methoxy groups -OCH3 is 1. The number of ether oxygens (including phenoxy) is 1. The summed E-state index contributed by atoms with van der Waals surface area (Å²) in [5.74, 6) is -1.34. The first kappa shape index (κ1) is 24.6. The second kappa shape index (κ2) is 9.23. The molecule has 1 saturated heterocycles. The van der Waals surface area contributed by atoms with E-state index in [0.29, 0.717) is 27.6 Å². The van der Waals surface area contributed by atoms with E-state index < -0.39 is 17.7 Å². The summed E-state index contributed by atoms with van der Waals surface area (Å²) in [6.07, 6.45) is 0. The Morgan fingerprint density at radius 1 is 1.00 bits per heavy atom. The molecule has 1 heterocycles. The zero-order valence-electron chi connectivity index (χ0n) is 20.4. The van der Waals surface area contributed by atoms with Gasteiger partial charge in [0, 0.05) is 10.7 Å². The van der Waals surface area contributed by atoms with Gasteiger partial charge in [0.2, 0.25) is 0 Å². The Labute approximate surface area is 210 Å². The van der Waals surface area contributed by atoms with Gasteiger partial charge in [-0.3, -0.25) is 14.5 Å². The maximum absolute atomic E-state index is 13.4. The van der Waals surface area contributed by atoms with Crippen molar-refractivity contribution in [3.63, 3.8) is 0 Å². The Bertz CT molecular complexity index is 1340. The van der Waals surface area contributed by atoms with Crippen molar-refractivity contribution < 1.29 is 19.4 Å². The number of carbonyl (C=O) groups is 2. The molecule has 0 spiro atoms. The van der Waals surface area contributed by atoms with Crippen LogP contribution in [0.2, 0.25) is 5.02 Å². The molecule has 1 N–H and O–H groups in total. The monoisotopic (exact) mass is 489 g/mol. The Kier molecular flexibility index (Phi) is 6.48. The number of benzene rings is 3. The quantitative estimate of drug-likeness (QED) is 0.255. The van der Waals surface area contributed by atoms with Gasteiger partial charge in [-0.15, -0.1) is 0 Å². The molecular weight excluding hydrogens is 462 g/mol. The molecule has 0 saturated carbocycles. The van der Waals surface area contributed by atoms with Gasteiger partial charge < -0.3 is 9.84 Å². The average molecular weight is 490 g/mol. The van der Waals surface area contributed by atoms with Crippen molar-refractivity contribution in [2.45, 2.75) is 39.2 Å². The number of aliphatic hydroxyl groups excluding tert-OH is 1. The van der Waals surface area contributed by atoms with Crippen LogP contribution in [0, 0.1) is 6.92 Å². The van der Waals surface area contributed by atoms with Gasteiger partial charge in [0.1, 0.15) is 11.5 Å². The highest BCUT2D eigenvalue weighted by Gasteiger charge is 2.47. The molecule has 1 unspecified atom stereocenters. The van der Waals surface area contributed by atoms with Crippen molar-refractivity contribution >= 4 is 34.7 Å². The number of nitrogens with zero attached hydrogens (tertiary/aromatic N) is 1. The van der Waals surface area contributed by atoms with E-state index >= 15 is 0 Å². The lowest BCUT2D eigenvalue weighted by Gasteiger charge is -2.28. The largest absolute Gasteiger partial charge is 0.507 e. The minimum atomic E-state index is -0.825. The topological polar surface area (TPSA) is 66.8 Å². The van der Waals surface area contributed by atoms with E-state index in [9.17, 15) is 14.7 Å². The number of ketones is 1. The molecule has 4 rings (SSSR count). The molecule has 1 amide bonds. The number of aryl methyl sites for hydroxylation is 1. The van der Waals surface area contributed by atoms with Crippen LogP contribution in [0.1, 0.15) is 49.1 Å². The summed E-state index contributed by atoms with van der Waals surface area (Å²) in [6, 6.07) is 19.0. The van der Waals surface area contributed by atoms with Gasteiger partial charge in [0.25, 0.3) is 11.7 Å². The summed E-state index contributed by atoms with van der Waals surface area (Å²) in [7, 11) is 1.49. The van der Waals surface area contributed by atoms with Gasteiger partial charge in [0.05, 0.1) is 24.3 Å². The number of hydrogen-bond acceptors (Lipinski definition) is 4.